The number of hydrogen-bond acceptors (Lipinski definition) is 2. The third kappa shape index (κ3) is 2.56. The van der Waals surface area contributed by atoms with Crippen molar-refractivity contribution in [1.29, 1.82) is 5.41 Å². The number of alkyl halides is 3. The summed E-state index contributed by atoms with van der Waals surface area (Å²) in [4.78, 5) is 0. The van der Waals surface area contributed by atoms with Crippen molar-refractivity contribution < 1.29 is 13.2 Å². The predicted octanol–water partition coefficient (Wildman–Crippen LogP) is 1.93. The molecule has 0 atom stereocenters. The number of nitrogens with zero attached hydrogens (tertiary/aromatic N) is 1. The lowest BCUT2D eigenvalue weighted by molar-refractivity contribution is -0.137. The van der Waals surface area contributed by atoms with Crippen LogP contribution in [0, 0.1) is 5.41 Å². The molecule has 0 heterocycles. The highest BCUT2D eigenvalue weighted by atomic mass is 35.5. The standard InChI is InChI=1S/C8H8ClF3N4/c9-6-2-1-4(16(15)7(13)14)3-5(6)8(10,11)12/h1-3H,15H2,(H3,13,14). The Balaban J connectivity index is 3.23. The Kier molecular flexibility index (Phi) is 3.30. The van der Waals surface area contributed by atoms with Crippen LogP contribution in [0.25, 0.3) is 0 Å². The Hall–Kier alpha value is -1.47. The van der Waals surface area contributed by atoms with Gasteiger partial charge < -0.3 is 5.73 Å². The lowest BCUT2D eigenvalue weighted by Gasteiger charge is -2.18. The summed E-state index contributed by atoms with van der Waals surface area (Å²) >= 11 is 5.40. The van der Waals surface area contributed by atoms with Gasteiger partial charge in [-0.05, 0) is 18.2 Å². The number of nitrogens with one attached hydrogen (secondary N) is 1. The van der Waals surface area contributed by atoms with Gasteiger partial charge in [-0.15, -0.1) is 0 Å². The van der Waals surface area contributed by atoms with Crippen LogP contribution >= 0.6 is 11.6 Å². The van der Waals surface area contributed by atoms with Gasteiger partial charge in [0, 0.05) is 0 Å². The summed E-state index contributed by atoms with van der Waals surface area (Å²) in [5.41, 5.74) is 3.94. The topological polar surface area (TPSA) is 79.1 Å². The molecule has 0 aromatic heterocycles. The summed E-state index contributed by atoms with van der Waals surface area (Å²) in [6.45, 7) is 0. The van der Waals surface area contributed by atoms with Crippen molar-refractivity contribution in [1.82, 2.24) is 0 Å². The molecule has 8 heteroatoms. The summed E-state index contributed by atoms with van der Waals surface area (Å²) in [6.07, 6.45) is -4.58. The average Bonchev–Trinajstić information content (AvgIpc) is 2.15. The molecule has 0 amide bonds. The van der Waals surface area contributed by atoms with Crippen molar-refractivity contribution in [3.63, 3.8) is 0 Å². The summed E-state index contributed by atoms with van der Waals surface area (Å²) in [7, 11) is 0. The second-order valence-corrected chi connectivity index (χ2v) is 3.32. The van der Waals surface area contributed by atoms with E-state index in [1.165, 1.54) is 6.07 Å². The van der Waals surface area contributed by atoms with Gasteiger partial charge in [0.15, 0.2) is 0 Å². The Morgan fingerprint density at radius 1 is 1.38 bits per heavy atom. The molecule has 0 aliphatic rings. The van der Waals surface area contributed by atoms with E-state index in [1.807, 2.05) is 0 Å². The van der Waals surface area contributed by atoms with E-state index in [-0.39, 0.29) is 5.69 Å². The molecule has 0 fully saturated rings. The van der Waals surface area contributed by atoms with E-state index >= 15 is 0 Å². The molecule has 5 N–H and O–H groups in total. The highest BCUT2D eigenvalue weighted by Crippen LogP contribution is 2.36. The maximum absolute atomic E-state index is 12.5. The zero-order valence-electron chi connectivity index (χ0n) is 7.85. The SMILES string of the molecule is N=C(N)N(N)c1ccc(Cl)c(C(F)(F)F)c1. The van der Waals surface area contributed by atoms with Gasteiger partial charge in [0.2, 0.25) is 5.96 Å². The van der Waals surface area contributed by atoms with Gasteiger partial charge in [0.1, 0.15) is 0 Å². The molecule has 0 unspecified atom stereocenters. The minimum atomic E-state index is -4.58. The highest BCUT2D eigenvalue weighted by molar-refractivity contribution is 6.31. The zero-order chi connectivity index (χ0) is 12.5. The summed E-state index contributed by atoms with van der Waals surface area (Å²) < 4.78 is 37.4. The maximum atomic E-state index is 12.5. The molecule has 0 bridgehead atoms. The van der Waals surface area contributed by atoms with Crippen molar-refractivity contribution in [2.75, 3.05) is 5.01 Å². The largest absolute Gasteiger partial charge is 0.417 e. The fourth-order valence-electron chi connectivity index (χ4n) is 1.02. The minimum Gasteiger partial charge on any atom is -0.369 e. The summed E-state index contributed by atoms with van der Waals surface area (Å²) in [6, 6.07) is 3.01. The van der Waals surface area contributed by atoms with Gasteiger partial charge >= 0.3 is 6.18 Å². The third-order valence-electron chi connectivity index (χ3n) is 1.79. The number of nitrogens with two attached hydrogens (primary N) is 2. The first-order chi connectivity index (χ1) is 7.23. The number of benzene rings is 1. The normalized spacial score (nSPS) is 11.3. The van der Waals surface area contributed by atoms with Gasteiger partial charge in [-0.3, -0.25) is 5.41 Å². The Morgan fingerprint density at radius 3 is 2.38 bits per heavy atom. The quantitative estimate of drug-likeness (QED) is 0.309. The van der Waals surface area contributed by atoms with E-state index in [2.05, 4.69) is 0 Å². The molecule has 0 aliphatic heterocycles. The molecule has 0 aliphatic carbocycles. The highest BCUT2D eigenvalue weighted by Gasteiger charge is 2.33. The van der Waals surface area contributed by atoms with E-state index in [0.717, 1.165) is 12.1 Å². The number of guanidine groups is 1. The average molecular weight is 253 g/mol. The van der Waals surface area contributed by atoms with E-state index in [9.17, 15) is 13.2 Å². The smallest absolute Gasteiger partial charge is 0.369 e. The second kappa shape index (κ2) is 4.18. The maximum Gasteiger partial charge on any atom is 0.417 e. The molecule has 1 aromatic carbocycles. The van der Waals surface area contributed by atoms with Crippen LogP contribution in [-0.2, 0) is 6.18 Å². The van der Waals surface area contributed by atoms with Crippen LogP contribution in [0.4, 0.5) is 18.9 Å². The minimum absolute atomic E-state index is 0.0655. The third-order valence-corrected chi connectivity index (χ3v) is 2.12. The van der Waals surface area contributed by atoms with Crippen LogP contribution < -0.4 is 16.6 Å². The monoisotopic (exact) mass is 252 g/mol. The van der Waals surface area contributed by atoms with Gasteiger partial charge in [-0.1, -0.05) is 11.6 Å². The fraction of sp³-hybridized carbons (Fsp3) is 0.125. The number of halogens is 4. The predicted molar refractivity (Wildman–Crippen MR) is 55.0 cm³/mol. The molecular weight excluding hydrogens is 245 g/mol. The van der Waals surface area contributed by atoms with Crippen molar-refractivity contribution in [2.24, 2.45) is 11.6 Å². The fourth-order valence-corrected chi connectivity index (χ4v) is 1.24. The van der Waals surface area contributed by atoms with E-state index in [4.69, 9.17) is 28.6 Å². The van der Waals surface area contributed by atoms with Gasteiger partial charge in [-0.25, -0.2) is 10.9 Å². The molecule has 16 heavy (non-hydrogen) atoms. The Morgan fingerprint density at radius 2 is 1.94 bits per heavy atom. The van der Waals surface area contributed by atoms with Crippen molar-refractivity contribution >= 4 is 23.2 Å². The van der Waals surface area contributed by atoms with E-state index in [0.29, 0.717) is 5.01 Å². The molecule has 1 aromatic rings. The first kappa shape index (κ1) is 12.6. The Labute approximate surface area is 94.1 Å². The molecule has 0 saturated heterocycles. The zero-order valence-corrected chi connectivity index (χ0v) is 8.60. The van der Waals surface area contributed by atoms with Crippen LogP contribution in [0.15, 0.2) is 18.2 Å². The van der Waals surface area contributed by atoms with Crippen molar-refractivity contribution in [3.8, 4) is 0 Å². The molecule has 4 nitrogen and oxygen atoms in total. The van der Waals surface area contributed by atoms with E-state index < -0.39 is 22.7 Å². The molecule has 1 rings (SSSR count). The van der Waals surface area contributed by atoms with Crippen LogP contribution in [-0.4, -0.2) is 5.96 Å². The van der Waals surface area contributed by atoms with E-state index in [1.54, 1.807) is 0 Å². The van der Waals surface area contributed by atoms with Gasteiger partial charge in [0.05, 0.1) is 16.3 Å². The lowest BCUT2D eigenvalue weighted by atomic mass is 10.2. The molecule has 0 spiro atoms. The van der Waals surface area contributed by atoms with Crippen LogP contribution in [0.2, 0.25) is 5.02 Å². The van der Waals surface area contributed by atoms with Crippen LogP contribution in [0.1, 0.15) is 5.56 Å². The number of rotatable bonds is 1. The van der Waals surface area contributed by atoms with Crippen molar-refractivity contribution in [2.45, 2.75) is 6.18 Å². The Bertz CT molecular complexity index is 418. The number of hydrazine groups is 1. The summed E-state index contributed by atoms with van der Waals surface area (Å²) in [5, 5.41) is 7.16. The number of hydrogen-bond donors (Lipinski definition) is 3. The molecular formula is C8H8ClF3N4. The number of anilines is 1. The van der Waals surface area contributed by atoms with Crippen LogP contribution in [0.5, 0.6) is 0 Å². The lowest BCUT2D eigenvalue weighted by Crippen LogP contribution is -2.42. The molecule has 0 radical (unpaired) electrons. The molecule has 0 saturated carbocycles. The summed E-state index contributed by atoms with van der Waals surface area (Å²) in [5.74, 6) is 4.70. The first-order valence-corrected chi connectivity index (χ1v) is 4.37. The molecule has 88 valence electrons. The second-order valence-electron chi connectivity index (χ2n) is 2.92. The van der Waals surface area contributed by atoms with Crippen LogP contribution in [0.3, 0.4) is 0 Å². The van der Waals surface area contributed by atoms with Gasteiger partial charge in [-0.2, -0.15) is 13.2 Å². The van der Waals surface area contributed by atoms with Gasteiger partial charge in [0.25, 0.3) is 0 Å². The van der Waals surface area contributed by atoms with Crippen molar-refractivity contribution in [3.05, 3.63) is 28.8 Å². The first-order valence-electron chi connectivity index (χ1n) is 3.99.